The van der Waals surface area contributed by atoms with E-state index in [0.29, 0.717) is 12.3 Å². The Morgan fingerprint density at radius 2 is 2.17 bits per heavy atom. The van der Waals surface area contributed by atoms with Gasteiger partial charge in [-0.1, -0.05) is 42.1 Å². The van der Waals surface area contributed by atoms with E-state index in [9.17, 15) is 19.5 Å². The molecule has 3 atom stereocenters. The maximum atomic E-state index is 12.6. The van der Waals surface area contributed by atoms with Crippen LogP contribution >= 0.6 is 23.5 Å². The number of fused-ring (bicyclic) bond motifs is 1. The number of benzene rings is 1. The molecule has 0 spiro atoms. The first-order chi connectivity index (χ1) is 14.5. The van der Waals surface area contributed by atoms with E-state index in [4.69, 9.17) is 4.42 Å². The number of rotatable bonds is 7. The highest BCUT2D eigenvalue weighted by Gasteiger charge is 2.57. The number of nitrogens with one attached hydrogen (secondary N) is 2. The molecule has 158 valence electrons. The molecule has 10 nitrogen and oxygen atoms in total. The second-order valence-corrected chi connectivity index (χ2v) is 9.07. The first-order valence-electron chi connectivity index (χ1n) is 9.11. The van der Waals surface area contributed by atoms with Gasteiger partial charge in [0.1, 0.15) is 16.8 Å². The minimum absolute atomic E-state index is 0.0732. The van der Waals surface area contributed by atoms with Gasteiger partial charge in [0, 0.05) is 24.6 Å². The number of carboxylic acids is 1. The van der Waals surface area contributed by atoms with Crippen molar-refractivity contribution in [1.82, 2.24) is 25.7 Å². The predicted molar refractivity (Wildman–Crippen MR) is 109 cm³/mol. The van der Waals surface area contributed by atoms with E-state index in [1.54, 1.807) is 0 Å². The van der Waals surface area contributed by atoms with Gasteiger partial charge in [0.2, 0.25) is 12.3 Å². The number of amides is 3. The van der Waals surface area contributed by atoms with Gasteiger partial charge in [0.15, 0.2) is 0 Å². The molecule has 2 aliphatic heterocycles. The number of hydrogen-bond acceptors (Lipinski definition) is 8. The number of urea groups is 1. The summed E-state index contributed by atoms with van der Waals surface area (Å²) in [5, 5.41) is 22.6. The lowest BCUT2D eigenvalue weighted by atomic mass is 9.89. The van der Waals surface area contributed by atoms with Crippen LogP contribution in [0.5, 0.6) is 0 Å². The molecule has 2 fully saturated rings. The van der Waals surface area contributed by atoms with Crippen molar-refractivity contribution < 1.29 is 23.9 Å². The molecule has 30 heavy (non-hydrogen) atoms. The van der Waals surface area contributed by atoms with Crippen molar-refractivity contribution in [3.63, 3.8) is 0 Å². The largest absolute Gasteiger partial charge is 0.481 e. The number of β-lactam (4-membered cyclic amide) rings is 1. The number of carbonyl (C=O) groups is 3. The van der Waals surface area contributed by atoms with Gasteiger partial charge in [-0.3, -0.25) is 9.59 Å². The van der Waals surface area contributed by atoms with Crippen molar-refractivity contribution in [2.75, 3.05) is 18.1 Å². The summed E-state index contributed by atoms with van der Waals surface area (Å²) in [5.74, 6) is -0.758. The molecule has 3 heterocycles. The fourth-order valence-corrected chi connectivity index (χ4v) is 5.91. The Labute approximate surface area is 180 Å². The molecular formula is C18H19N5O5S2. The van der Waals surface area contributed by atoms with E-state index < -0.39 is 23.5 Å². The van der Waals surface area contributed by atoms with Crippen LogP contribution in [0.25, 0.3) is 0 Å². The number of nitrogens with zero attached hydrogens (tertiary/aromatic N) is 3. The lowest BCUT2D eigenvalue weighted by Crippen LogP contribution is -2.74. The van der Waals surface area contributed by atoms with Gasteiger partial charge in [-0.05, 0) is 5.56 Å². The monoisotopic (exact) mass is 449 g/mol. The number of hydrogen-bond donors (Lipinski definition) is 3. The van der Waals surface area contributed by atoms with E-state index in [0.717, 1.165) is 17.3 Å². The molecule has 4 rings (SSSR count). The first kappa shape index (κ1) is 20.5. The molecule has 0 saturated carbocycles. The smallest absolute Gasteiger partial charge is 0.315 e. The predicted octanol–water partition coefficient (Wildman–Crippen LogP) is 1.02. The summed E-state index contributed by atoms with van der Waals surface area (Å²) in [6.45, 7) is 0.425. The third kappa shape index (κ3) is 4.10. The third-order valence-corrected chi connectivity index (χ3v) is 7.70. The summed E-state index contributed by atoms with van der Waals surface area (Å²) >= 11 is 2.51. The van der Waals surface area contributed by atoms with Gasteiger partial charge in [-0.2, -0.15) is 0 Å². The molecule has 3 amide bonds. The van der Waals surface area contributed by atoms with Crippen molar-refractivity contribution in [3.8, 4) is 0 Å². The zero-order valence-corrected chi connectivity index (χ0v) is 17.3. The third-order valence-electron chi connectivity index (χ3n) is 4.99. The van der Waals surface area contributed by atoms with Crippen LogP contribution in [0.1, 0.15) is 5.56 Å². The standard InChI is InChI=1S/C18H19N5O5S2/c24-13-12(21-16(27)19-6-11-4-2-1-3-5-11)14-23(13)7-18(8-29-14,15(25)26)9-30-17-22-20-10-28-17/h1-5,10,12,14H,6-9H2,(H,25,26)(H2,19,21,27)/t12?,14-,18?/m1/s1. The van der Waals surface area contributed by atoms with Crippen LogP contribution < -0.4 is 10.6 Å². The zero-order valence-electron chi connectivity index (χ0n) is 15.7. The van der Waals surface area contributed by atoms with Crippen molar-refractivity contribution in [2.24, 2.45) is 5.41 Å². The number of thioether (sulfide) groups is 2. The van der Waals surface area contributed by atoms with Crippen molar-refractivity contribution in [1.29, 1.82) is 0 Å². The number of aliphatic carboxylic acids is 1. The minimum Gasteiger partial charge on any atom is -0.481 e. The Kier molecular flexibility index (Phi) is 5.86. The lowest BCUT2D eigenvalue weighted by molar-refractivity contribution is -0.156. The number of carboxylic acid groups (broad SMARTS) is 1. The van der Waals surface area contributed by atoms with Crippen LogP contribution in [-0.4, -0.2) is 67.6 Å². The molecule has 2 aliphatic rings. The van der Waals surface area contributed by atoms with E-state index in [-0.39, 0.29) is 28.8 Å². The molecule has 12 heteroatoms. The average Bonchev–Trinajstić information content (AvgIpc) is 3.28. The number of aromatic nitrogens is 2. The van der Waals surface area contributed by atoms with Crippen LogP contribution in [0.2, 0.25) is 0 Å². The summed E-state index contributed by atoms with van der Waals surface area (Å²) < 4.78 is 5.05. The maximum Gasteiger partial charge on any atom is 0.315 e. The maximum absolute atomic E-state index is 12.6. The molecule has 2 unspecified atom stereocenters. The van der Waals surface area contributed by atoms with Crippen LogP contribution in [0.3, 0.4) is 0 Å². The van der Waals surface area contributed by atoms with Crippen LogP contribution in [0.4, 0.5) is 4.79 Å². The molecule has 3 N–H and O–H groups in total. The van der Waals surface area contributed by atoms with Gasteiger partial charge in [0.05, 0.1) is 0 Å². The lowest BCUT2D eigenvalue weighted by Gasteiger charge is -2.53. The zero-order chi connectivity index (χ0) is 21.1. The van der Waals surface area contributed by atoms with Crippen molar-refractivity contribution in [3.05, 3.63) is 42.3 Å². The molecule has 0 bridgehead atoms. The quantitative estimate of drug-likeness (QED) is 0.418. The number of carbonyl (C=O) groups excluding carboxylic acids is 2. The molecule has 0 aliphatic carbocycles. The Balaban J connectivity index is 1.32. The fourth-order valence-electron chi connectivity index (χ4n) is 3.30. The van der Waals surface area contributed by atoms with Gasteiger partial charge in [0.25, 0.3) is 5.22 Å². The Hall–Kier alpha value is -2.73. The summed E-state index contributed by atoms with van der Waals surface area (Å²) in [6.07, 6.45) is 1.18. The fraction of sp³-hybridized carbons (Fsp3) is 0.389. The van der Waals surface area contributed by atoms with Gasteiger partial charge < -0.3 is 25.1 Å². The SMILES string of the molecule is O=C(NCc1ccccc1)NC1C(=O)N2CC(CSc3nnco3)(C(=O)O)CS[C@H]12. The van der Waals surface area contributed by atoms with Crippen molar-refractivity contribution >= 4 is 41.4 Å². The van der Waals surface area contributed by atoms with Crippen LogP contribution in [-0.2, 0) is 16.1 Å². The summed E-state index contributed by atoms with van der Waals surface area (Å²) in [5.41, 5.74) is -0.178. The van der Waals surface area contributed by atoms with Crippen LogP contribution in [0.15, 0.2) is 46.4 Å². The highest BCUT2D eigenvalue weighted by Crippen LogP contribution is 2.44. The second kappa shape index (κ2) is 8.56. The Bertz CT molecular complexity index is 928. The second-order valence-electron chi connectivity index (χ2n) is 7.04. The molecule has 2 saturated heterocycles. The molecule has 1 aromatic carbocycles. The van der Waals surface area contributed by atoms with Crippen LogP contribution in [0, 0.1) is 5.41 Å². The molecule has 0 radical (unpaired) electrons. The topological polar surface area (TPSA) is 138 Å². The highest BCUT2D eigenvalue weighted by atomic mass is 32.2. The van der Waals surface area contributed by atoms with Gasteiger partial charge in [-0.25, -0.2) is 4.79 Å². The first-order valence-corrected chi connectivity index (χ1v) is 11.1. The normalized spacial score (nSPS) is 25.2. The van der Waals surface area contributed by atoms with E-state index >= 15 is 0 Å². The average molecular weight is 450 g/mol. The van der Waals surface area contributed by atoms with Crippen molar-refractivity contribution in [2.45, 2.75) is 23.2 Å². The van der Waals surface area contributed by atoms with E-state index in [1.165, 1.54) is 23.1 Å². The molecule has 2 aromatic rings. The molecular weight excluding hydrogens is 430 g/mol. The Morgan fingerprint density at radius 3 is 2.87 bits per heavy atom. The van der Waals surface area contributed by atoms with Gasteiger partial charge in [-0.15, -0.1) is 22.0 Å². The van der Waals surface area contributed by atoms with E-state index in [1.807, 2.05) is 30.3 Å². The summed E-state index contributed by atoms with van der Waals surface area (Å²) in [4.78, 5) is 38.3. The summed E-state index contributed by atoms with van der Waals surface area (Å²) in [6, 6.07) is 8.35. The van der Waals surface area contributed by atoms with E-state index in [2.05, 4.69) is 20.8 Å². The van der Waals surface area contributed by atoms with Gasteiger partial charge >= 0.3 is 12.0 Å². The highest BCUT2D eigenvalue weighted by molar-refractivity contribution is 8.00. The summed E-state index contributed by atoms with van der Waals surface area (Å²) in [7, 11) is 0. The minimum atomic E-state index is -1.13. The Morgan fingerprint density at radius 1 is 1.37 bits per heavy atom. The molecule has 1 aromatic heterocycles.